The number of nitrogens with zero attached hydrogens (tertiary/aromatic N) is 2. The molecule has 20 heavy (non-hydrogen) atoms. The number of halogens is 2. The van der Waals surface area contributed by atoms with Crippen molar-refractivity contribution in [2.45, 2.75) is 18.8 Å². The first-order valence-electron chi connectivity index (χ1n) is 6.17. The molecule has 114 valence electrons. The molecule has 1 aliphatic rings. The number of amides is 4. The molecule has 0 saturated carbocycles. The zero-order chi connectivity index (χ0) is 15.3. The molecule has 0 aromatic carbocycles. The predicted octanol–water partition coefficient (Wildman–Crippen LogP) is -0.629. The number of carbonyl (C=O) groups is 3. The topological polar surface area (TPSA) is 95.7 Å². The van der Waals surface area contributed by atoms with Crippen LogP contribution in [0.1, 0.15) is 12.8 Å². The Kier molecular flexibility index (Phi) is 5.37. The third kappa shape index (κ3) is 4.41. The minimum Gasteiger partial charge on any atom is -0.350 e. The van der Waals surface area contributed by atoms with Gasteiger partial charge in [0, 0.05) is 20.0 Å². The molecule has 0 unspecified atom stereocenters. The molecule has 0 aromatic heterocycles. The molecule has 4 amide bonds. The smallest absolute Gasteiger partial charge is 0.326 e. The Labute approximate surface area is 115 Å². The summed E-state index contributed by atoms with van der Waals surface area (Å²) in [4.78, 5) is 36.6. The van der Waals surface area contributed by atoms with Crippen molar-refractivity contribution >= 4 is 17.8 Å². The molecule has 1 fully saturated rings. The molecule has 0 bridgehead atoms. The van der Waals surface area contributed by atoms with Crippen molar-refractivity contribution < 1.29 is 23.2 Å². The Balaban J connectivity index is 2.26. The number of carbonyl (C=O) groups excluding carboxylic acids is 3. The summed E-state index contributed by atoms with van der Waals surface area (Å²) < 4.78 is 25.6. The van der Waals surface area contributed by atoms with Crippen LogP contribution < -0.4 is 11.1 Å². The second kappa shape index (κ2) is 6.60. The highest BCUT2D eigenvalue weighted by atomic mass is 19.3. The van der Waals surface area contributed by atoms with Crippen LogP contribution in [0.3, 0.4) is 0 Å². The summed E-state index contributed by atoms with van der Waals surface area (Å²) in [5, 5.41) is 2.06. The number of nitrogens with two attached hydrogens (primary N) is 1. The number of hydrogen-bond donors (Lipinski definition) is 2. The molecular weight excluding hydrogens is 274 g/mol. The first-order valence-corrected chi connectivity index (χ1v) is 6.17. The molecule has 7 nitrogen and oxygen atoms in total. The third-order valence-corrected chi connectivity index (χ3v) is 2.86. The van der Waals surface area contributed by atoms with Crippen LogP contribution in [0, 0.1) is 0 Å². The van der Waals surface area contributed by atoms with Crippen LogP contribution >= 0.6 is 0 Å². The van der Waals surface area contributed by atoms with Crippen molar-refractivity contribution in [3.05, 3.63) is 0 Å². The Morgan fingerprint density at radius 2 is 2.10 bits per heavy atom. The Morgan fingerprint density at radius 1 is 1.45 bits per heavy atom. The fourth-order valence-corrected chi connectivity index (χ4v) is 1.68. The summed E-state index contributed by atoms with van der Waals surface area (Å²) in [7, 11) is 1.50. The van der Waals surface area contributed by atoms with Crippen LogP contribution in [0.15, 0.2) is 0 Å². The van der Waals surface area contributed by atoms with Crippen molar-refractivity contribution in [1.82, 2.24) is 15.1 Å². The molecule has 1 rings (SSSR count). The lowest BCUT2D eigenvalue weighted by Crippen LogP contribution is -2.41. The molecule has 9 heteroatoms. The molecule has 3 N–H and O–H groups in total. The van der Waals surface area contributed by atoms with E-state index in [-0.39, 0.29) is 31.8 Å². The second-order valence-corrected chi connectivity index (χ2v) is 4.62. The van der Waals surface area contributed by atoms with Crippen LogP contribution in [-0.4, -0.2) is 66.8 Å². The van der Waals surface area contributed by atoms with E-state index in [2.05, 4.69) is 5.32 Å². The number of urea groups is 1. The highest BCUT2D eigenvalue weighted by Gasteiger charge is 2.33. The summed E-state index contributed by atoms with van der Waals surface area (Å²) in [5.41, 5.74) is 4.83. The zero-order valence-electron chi connectivity index (χ0n) is 11.2. The zero-order valence-corrected chi connectivity index (χ0v) is 11.2. The summed E-state index contributed by atoms with van der Waals surface area (Å²) in [5.74, 6) is -4.02. The highest BCUT2D eigenvalue weighted by Crippen LogP contribution is 2.10. The summed E-state index contributed by atoms with van der Waals surface area (Å²) in [6, 6.07) is -0.412. The summed E-state index contributed by atoms with van der Waals surface area (Å²) in [6.07, 6.45) is 0.187. The lowest BCUT2D eigenvalue weighted by Gasteiger charge is -2.15. The van der Waals surface area contributed by atoms with E-state index in [1.807, 2.05) is 0 Å². The molecule has 0 atom stereocenters. The van der Waals surface area contributed by atoms with Crippen molar-refractivity contribution in [1.29, 1.82) is 0 Å². The normalized spacial score (nSPS) is 16.0. The van der Waals surface area contributed by atoms with E-state index in [0.717, 1.165) is 4.90 Å². The number of rotatable bonds is 7. The van der Waals surface area contributed by atoms with Gasteiger partial charge in [0.2, 0.25) is 11.8 Å². The molecule has 0 aliphatic carbocycles. The van der Waals surface area contributed by atoms with Gasteiger partial charge in [-0.1, -0.05) is 0 Å². The standard InChI is InChI=1S/C11H18F2N4O3/c1-16-5-9(19)17(10(16)20)4-2-3-8(18)15-7-11(12,13)6-14/h2-7,14H2,1H3,(H,15,18). The van der Waals surface area contributed by atoms with Gasteiger partial charge in [-0.05, 0) is 6.42 Å². The Morgan fingerprint density at radius 3 is 2.60 bits per heavy atom. The number of likely N-dealkylation sites (N-methyl/N-ethyl adjacent to an activating group) is 1. The van der Waals surface area contributed by atoms with E-state index >= 15 is 0 Å². The number of alkyl halides is 2. The number of imide groups is 1. The van der Waals surface area contributed by atoms with Crippen LogP contribution in [0.25, 0.3) is 0 Å². The van der Waals surface area contributed by atoms with Gasteiger partial charge in [0.05, 0.1) is 13.1 Å². The lowest BCUT2D eigenvalue weighted by molar-refractivity contribution is -0.126. The van der Waals surface area contributed by atoms with Crippen LogP contribution in [0.2, 0.25) is 0 Å². The number of hydrogen-bond acceptors (Lipinski definition) is 4. The van der Waals surface area contributed by atoms with Crippen LogP contribution in [-0.2, 0) is 9.59 Å². The monoisotopic (exact) mass is 292 g/mol. The van der Waals surface area contributed by atoms with E-state index in [0.29, 0.717) is 0 Å². The molecule has 1 saturated heterocycles. The second-order valence-electron chi connectivity index (χ2n) is 4.62. The minimum atomic E-state index is -3.13. The summed E-state index contributed by atoms with van der Waals surface area (Å²) in [6.45, 7) is -1.53. The maximum Gasteiger partial charge on any atom is 0.326 e. The number of nitrogens with one attached hydrogen (secondary N) is 1. The summed E-state index contributed by atoms with van der Waals surface area (Å²) >= 11 is 0. The first kappa shape index (κ1) is 16.3. The van der Waals surface area contributed by atoms with Gasteiger partial charge >= 0.3 is 6.03 Å². The average molecular weight is 292 g/mol. The van der Waals surface area contributed by atoms with Gasteiger partial charge in [0.15, 0.2) is 0 Å². The van der Waals surface area contributed by atoms with E-state index in [9.17, 15) is 23.2 Å². The van der Waals surface area contributed by atoms with Gasteiger partial charge in [-0.3, -0.25) is 14.5 Å². The highest BCUT2D eigenvalue weighted by molar-refractivity contribution is 6.01. The average Bonchev–Trinajstić information content (AvgIpc) is 2.63. The van der Waals surface area contributed by atoms with Crippen molar-refractivity contribution in [3.63, 3.8) is 0 Å². The van der Waals surface area contributed by atoms with E-state index in [4.69, 9.17) is 5.73 Å². The van der Waals surface area contributed by atoms with Crippen molar-refractivity contribution in [3.8, 4) is 0 Å². The van der Waals surface area contributed by atoms with E-state index in [1.54, 1.807) is 0 Å². The third-order valence-electron chi connectivity index (χ3n) is 2.86. The van der Waals surface area contributed by atoms with Crippen LogP contribution in [0.4, 0.5) is 13.6 Å². The fraction of sp³-hybridized carbons (Fsp3) is 0.727. The van der Waals surface area contributed by atoms with E-state index < -0.39 is 31.0 Å². The minimum absolute atomic E-state index is 0.0216. The quantitative estimate of drug-likeness (QED) is 0.611. The Hall–Kier alpha value is -1.77. The molecule has 0 aromatic rings. The maximum absolute atomic E-state index is 12.8. The predicted molar refractivity (Wildman–Crippen MR) is 66.0 cm³/mol. The van der Waals surface area contributed by atoms with E-state index in [1.165, 1.54) is 11.9 Å². The van der Waals surface area contributed by atoms with Crippen molar-refractivity contribution in [2.75, 3.05) is 33.2 Å². The van der Waals surface area contributed by atoms with Gasteiger partial charge in [-0.25, -0.2) is 13.6 Å². The van der Waals surface area contributed by atoms with Gasteiger partial charge in [0.1, 0.15) is 6.54 Å². The van der Waals surface area contributed by atoms with Gasteiger partial charge in [-0.15, -0.1) is 0 Å². The fourth-order valence-electron chi connectivity index (χ4n) is 1.68. The lowest BCUT2D eigenvalue weighted by atomic mass is 10.2. The van der Waals surface area contributed by atoms with Gasteiger partial charge < -0.3 is 16.0 Å². The maximum atomic E-state index is 12.8. The Bertz CT molecular complexity index is 403. The van der Waals surface area contributed by atoms with Crippen molar-refractivity contribution in [2.24, 2.45) is 5.73 Å². The molecule has 1 aliphatic heterocycles. The SMILES string of the molecule is CN1CC(=O)N(CCCC(=O)NCC(F)(F)CN)C1=O. The molecular formula is C11H18F2N4O3. The first-order chi connectivity index (χ1) is 9.26. The van der Waals surface area contributed by atoms with Crippen LogP contribution in [0.5, 0.6) is 0 Å². The van der Waals surface area contributed by atoms with Gasteiger partial charge in [-0.2, -0.15) is 0 Å². The van der Waals surface area contributed by atoms with Gasteiger partial charge in [0.25, 0.3) is 5.92 Å². The molecule has 0 spiro atoms. The largest absolute Gasteiger partial charge is 0.350 e. The molecule has 0 radical (unpaired) electrons. The molecule has 1 heterocycles.